The minimum atomic E-state index is -0.928. The molecular weight excluding hydrogens is 456 g/mol. The number of furan rings is 1. The monoisotopic (exact) mass is 488 g/mol. The number of carbonyl (C=O) groups is 2. The van der Waals surface area contributed by atoms with Crippen LogP contribution in [0, 0.1) is 0 Å². The third-order valence-electron chi connectivity index (χ3n) is 7.24. The fourth-order valence-electron chi connectivity index (χ4n) is 5.40. The Morgan fingerprint density at radius 3 is 2.44 bits per heavy atom. The molecule has 7 heteroatoms. The van der Waals surface area contributed by atoms with E-state index in [1.165, 1.54) is 17.4 Å². The smallest absolute Gasteiger partial charge is 0.294 e. The summed E-state index contributed by atoms with van der Waals surface area (Å²) in [7, 11) is 3.13. The Kier molecular flexibility index (Phi) is 6.98. The Balaban J connectivity index is 1.63. The molecule has 188 valence electrons. The minimum absolute atomic E-state index is 0.0979. The van der Waals surface area contributed by atoms with Crippen molar-refractivity contribution in [3.8, 4) is 11.5 Å². The van der Waals surface area contributed by atoms with Gasteiger partial charge in [-0.05, 0) is 85.2 Å². The molecular formula is C29H32N2O5. The van der Waals surface area contributed by atoms with Crippen LogP contribution in [0.25, 0.3) is 0 Å². The fraction of sp³-hybridized carbons (Fsp3) is 0.379. The number of benzene rings is 2. The summed E-state index contributed by atoms with van der Waals surface area (Å²) in [5.41, 5.74) is 3.80. The quantitative estimate of drug-likeness (QED) is 0.469. The fourth-order valence-corrected chi connectivity index (χ4v) is 5.40. The molecule has 2 aliphatic rings. The van der Waals surface area contributed by atoms with Gasteiger partial charge in [0.25, 0.3) is 5.91 Å². The molecule has 7 nitrogen and oxygen atoms in total. The van der Waals surface area contributed by atoms with E-state index in [1.807, 2.05) is 18.2 Å². The van der Waals surface area contributed by atoms with E-state index in [1.54, 1.807) is 43.4 Å². The molecule has 0 bridgehead atoms. The van der Waals surface area contributed by atoms with E-state index >= 15 is 0 Å². The highest BCUT2D eigenvalue weighted by Gasteiger charge is 2.36. The van der Waals surface area contributed by atoms with Gasteiger partial charge in [0.05, 0.1) is 20.5 Å². The maximum Gasteiger partial charge on any atom is 0.294 e. The van der Waals surface area contributed by atoms with E-state index in [-0.39, 0.29) is 23.6 Å². The molecule has 0 saturated heterocycles. The van der Waals surface area contributed by atoms with Crippen LogP contribution >= 0.6 is 0 Å². The van der Waals surface area contributed by atoms with Crippen molar-refractivity contribution in [3.05, 3.63) is 77.2 Å². The third kappa shape index (κ3) is 4.70. The lowest BCUT2D eigenvalue weighted by Crippen LogP contribution is -2.46. The van der Waals surface area contributed by atoms with Crippen molar-refractivity contribution in [2.45, 2.75) is 57.0 Å². The number of hydrogen-bond acceptors (Lipinski definition) is 5. The van der Waals surface area contributed by atoms with E-state index in [0.29, 0.717) is 22.7 Å². The van der Waals surface area contributed by atoms with Crippen LogP contribution in [-0.4, -0.2) is 32.1 Å². The molecule has 2 aromatic carbocycles. The van der Waals surface area contributed by atoms with Crippen molar-refractivity contribution in [3.63, 3.8) is 0 Å². The molecule has 1 heterocycles. The van der Waals surface area contributed by atoms with Crippen LogP contribution in [-0.2, 0) is 17.6 Å². The third-order valence-corrected chi connectivity index (χ3v) is 7.24. The minimum Gasteiger partial charge on any atom is -0.493 e. The lowest BCUT2D eigenvalue weighted by Gasteiger charge is -2.32. The Morgan fingerprint density at radius 2 is 1.72 bits per heavy atom. The first-order chi connectivity index (χ1) is 17.6. The number of anilines is 1. The number of ether oxygens (including phenoxy) is 2. The molecule has 0 aliphatic heterocycles. The Hall–Kier alpha value is -3.74. The van der Waals surface area contributed by atoms with Crippen LogP contribution in [0.5, 0.6) is 11.5 Å². The Bertz CT molecular complexity index is 1230. The summed E-state index contributed by atoms with van der Waals surface area (Å²) >= 11 is 0. The first-order valence-corrected chi connectivity index (χ1v) is 12.6. The zero-order valence-electron chi connectivity index (χ0n) is 20.8. The topological polar surface area (TPSA) is 81.0 Å². The molecule has 2 aliphatic carbocycles. The molecule has 0 spiro atoms. The number of carbonyl (C=O) groups excluding carboxylic acids is 2. The summed E-state index contributed by atoms with van der Waals surface area (Å²) in [5, 5.41) is 3.21. The number of nitrogens with one attached hydrogen (secondary N) is 1. The zero-order chi connectivity index (χ0) is 25.1. The summed E-state index contributed by atoms with van der Waals surface area (Å²) in [6.07, 6.45) is 8.61. The highest BCUT2D eigenvalue weighted by molar-refractivity contribution is 6.08. The van der Waals surface area contributed by atoms with Gasteiger partial charge in [-0.3, -0.25) is 14.5 Å². The van der Waals surface area contributed by atoms with E-state index < -0.39 is 6.04 Å². The molecule has 1 aromatic heterocycles. The second-order valence-electron chi connectivity index (χ2n) is 9.47. The maximum absolute atomic E-state index is 14.0. The van der Waals surface area contributed by atoms with Gasteiger partial charge in [0.15, 0.2) is 17.3 Å². The number of rotatable bonds is 8. The standard InChI is InChI=1S/C29H32N2O5/c1-34-24-15-13-21(18-26(24)35-2)27(28(32)30-22-9-3-4-10-22)31(29(33)25-11-6-16-36-25)23-14-12-19-7-5-8-20(19)17-23/h6,11-18,22,27H,3-5,7-10H2,1-2H3,(H,30,32)/t27-/m0/s1. The van der Waals surface area contributed by atoms with Gasteiger partial charge in [-0.1, -0.05) is 25.0 Å². The van der Waals surface area contributed by atoms with E-state index in [2.05, 4.69) is 11.4 Å². The van der Waals surface area contributed by atoms with Crippen molar-refractivity contribution in [1.82, 2.24) is 5.32 Å². The number of aryl methyl sites for hydroxylation is 2. The lowest BCUT2D eigenvalue weighted by molar-refractivity contribution is -0.123. The molecule has 2 amide bonds. The van der Waals surface area contributed by atoms with Crippen LogP contribution in [0.4, 0.5) is 5.69 Å². The van der Waals surface area contributed by atoms with Gasteiger partial charge in [-0.15, -0.1) is 0 Å². The number of amides is 2. The van der Waals surface area contributed by atoms with Gasteiger partial charge in [-0.2, -0.15) is 0 Å². The molecule has 0 radical (unpaired) electrons. The summed E-state index contributed by atoms with van der Waals surface area (Å²) < 4.78 is 16.5. The molecule has 5 rings (SSSR count). The molecule has 36 heavy (non-hydrogen) atoms. The predicted octanol–water partition coefficient (Wildman–Crippen LogP) is 5.23. The molecule has 1 atom stereocenters. The zero-order valence-corrected chi connectivity index (χ0v) is 20.8. The van der Waals surface area contributed by atoms with Crippen LogP contribution in [0.15, 0.2) is 59.2 Å². The largest absolute Gasteiger partial charge is 0.493 e. The second kappa shape index (κ2) is 10.5. The van der Waals surface area contributed by atoms with Crippen LogP contribution in [0.1, 0.15) is 65.4 Å². The average molecular weight is 489 g/mol. The van der Waals surface area contributed by atoms with Crippen molar-refractivity contribution < 1.29 is 23.5 Å². The van der Waals surface area contributed by atoms with E-state index in [9.17, 15) is 9.59 Å². The Labute approximate surface area is 211 Å². The second-order valence-corrected chi connectivity index (χ2v) is 9.47. The van der Waals surface area contributed by atoms with E-state index in [0.717, 1.165) is 44.9 Å². The van der Waals surface area contributed by atoms with Crippen molar-refractivity contribution in [1.29, 1.82) is 0 Å². The van der Waals surface area contributed by atoms with Gasteiger partial charge in [0.2, 0.25) is 5.91 Å². The predicted molar refractivity (Wildman–Crippen MR) is 137 cm³/mol. The van der Waals surface area contributed by atoms with Crippen molar-refractivity contribution >= 4 is 17.5 Å². The molecule has 1 fully saturated rings. The van der Waals surface area contributed by atoms with Gasteiger partial charge in [-0.25, -0.2) is 0 Å². The first-order valence-electron chi connectivity index (χ1n) is 12.6. The van der Waals surface area contributed by atoms with Gasteiger partial charge in [0, 0.05) is 11.7 Å². The van der Waals surface area contributed by atoms with Crippen molar-refractivity contribution in [2.75, 3.05) is 19.1 Å². The summed E-state index contributed by atoms with van der Waals surface area (Å²) in [5.74, 6) is 0.620. The highest BCUT2D eigenvalue weighted by atomic mass is 16.5. The molecule has 1 saturated carbocycles. The van der Waals surface area contributed by atoms with Gasteiger partial charge >= 0.3 is 0 Å². The molecule has 1 N–H and O–H groups in total. The van der Waals surface area contributed by atoms with Crippen molar-refractivity contribution in [2.24, 2.45) is 0 Å². The number of fused-ring (bicyclic) bond motifs is 1. The summed E-state index contributed by atoms with van der Waals surface area (Å²) in [6, 6.07) is 13.9. The highest BCUT2D eigenvalue weighted by Crippen LogP contribution is 2.37. The van der Waals surface area contributed by atoms with Gasteiger partial charge in [0.1, 0.15) is 6.04 Å². The average Bonchev–Trinajstić information content (AvgIpc) is 3.69. The molecule has 0 unspecified atom stereocenters. The number of nitrogens with zero attached hydrogens (tertiary/aromatic N) is 1. The van der Waals surface area contributed by atoms with Crippen LogP contribution in [0.2, 0.25) is 0 Å². The number of methoxy groups -OCH3 is 2. The summed E-state index contributed by atoms with van der Waals surface area (Å²) in [4.78, 5) is 29.5. The summed E-state index contributed by atoms with van der Waals surface area (Å²) in [6.45, 7) is 0. The Morgan fingerprint density at radius 1 is 0.944 bits per heavy atom. The first kappa shape index (κ1) is 24.0. The van der Waals surface area contributed by atoms with Gasteiger partial charge < -0.3 is 19.2 Å². The van der Waals surface area contributed by atoms with E-state index in [4.69, 9.17) is 13.9 Å². The lowest BCUT2D eigenvalue weighted by atomic mass is 10.00. The van der Waals surface area contributed by atoms with Crippen LogP contribution in [0.3, 0.4) is 0 Å². The van der Waals surface area contributed by atoms with Crippen LogP contribution < -0.4 is 19.7 Å². The normalized spacial score (nSPS) is 15.8. The SMILES string of the molecule is COc1ccc([C@@H](C(=O)NC2CCCC2)N(C(=O)c2ccco2)c2ccc3c(c2)CCC3)cc1OC. The molecule has 3 aromatic rings. The maximum atomic E-state index is 14.0. The number of hydrogen-bond donors (Lipinski definition) is 1.